The lowest BCUT2D eigenvalue weighted by Gasteiger charge is -2.13. The van der Waals surface area contributed by atoms with E-state index in [1.54, 1.807) is 18.9 Å². The second-order valence-corrected chi connectivity index (χ2v) is 4.12. The van der Waals surface area contributed by atoms with E-state index in [1.807, 2.05) is 32.3 Å². The number of benzene rings is 1. The van der Waals surface area contributed by atoms with Gasteiger partial charge in [-0.05, 0) is 18.6 Å². The van der Waals surface area contributed by atoms with Crippen LogP contribution < -0.4 is 15.2 Å². The first kappa shape index (κ1) is 12.3. The smallest absolute Gasteiger partial charge is 0.153 e. The number of aryl methyl sites for hydroxylation is 2. The van der Waals surface area contributed by atoms with E-state index in [2.05, 4.69) is 5.10 Å². The Hall–Kier alpha value is -2.17. The first-order valence-electron chi connectivity index (χ1n) is 5.59. The Labute approximate surface area is 106 Å². The second-order valence-electron chi connectivity index (χ2n) is 4.12. The molecule has 0 fully saturated rings. The zero-order valence-electron chi connectivity index (χ0n) is 11.0. The lowest BCUT2D eigenvalue weighted by atomic mass is 10.0. The lowest BCUT2D eigenvalue weighted by molar-refractivity contribution is 0.395. The van der Waals surface area contributed by atoms with Crippen molar-refractivity contribution in [3.63, 3.8) is 0 Å². The Balaban J connectivity index is 2.66. The van der Waals surface area contributed by atoms with Gasteiger partial charge in [-0.2, -0.15) is 5.10 Å². The van der Waals surface area contributed by atoms with Crippen LogP contribution in [0.3, 0.4) is 0 Å². The summed E-state index contributed by atoms with van der Waals surface area (Å²) >= 11 is 0. The molecule has 1 aromatic carbocycles. The SMILES string of the molecule is COc1cc(C)c(-c2cn(C)nc2N)c(OC)c1. The molecule has 2 N–H and O–H groups in total. The average molecular weight is 247 g/mol. The topological polar surface area (TPSA) is 62.3 Å². The maximum Gasteiger partial charge on any atom is 0.153 e. The summed E-state index contributed by atoms with van der Waals surface area (Å²) in [6, 6.07) is 3.79. The molecule has 0 atom stereocenters. The molecule has 0 aliphatic rings. The van der Waals surface area contributed by atoms with E-state index < -0.39 is 0 Å². The molecule has 18 heavy (non-hydrogen) atoms. The van der Waals surface area contributed by atoms with Crippen molar-refractivity contribution in [2.75, 3.05) is 20.0 Å². The van der Waals surface area contributed by atoms with E-state index in [9.17, 15) is 0 Å². The third kappa shape index (κ3) is 1.99. The normalized spacial score (nSPS) is 10.4. The molecule has 5 nitrogen and oxygen atoms in total. The highest BCUT2D eigenvalue weighted by Gasteiger charge is 2.16. The fourth-order valence-electron chi connectivity index (χ4n) is 2.05. The molecule has 0 bridgehead atoms. The molecule has 0 aliphatic carbocycles. The maximum absolute atomic E-state index is 5.92. The number of anilines is 1. The minimum atomic E-state index is 0.490. The van der Waals surface area contributed by atoms with Crippen LogP contribution >= 0.6 is 0 Å². The van der Waals surface area contributed by atoms with Gasteiger partial charge in [-0.3, -0.25) is 4.68 Å². The van der Waals surface area contributed by atoms with E-state index in [1.165, 1.54) is 0 Å². The third-order valence-corrected chi connectivity index (χ3v) is 2.86. The molecule has 0 aliphatic heterocycles. The van der Waals surface area contributed by atoms with E-state index >= 15 is 0 Å². The number of rotatable bonds is 3. The third-order valence-electron chi connectivity index (χ3n) is 2.86. The van der Waals surface area contributed by atoms with Crippen LogP contribution in [0.1, 0.15) is 5.56 Å². The van der Waals surface area contributed by atoms with Crippen molar-refractivity contribution in [3.05, 3.63) is 23.9 Å². The molecule has 5 heteroatoms. The predicted molar refractivity (Wildman–Crippen MR) is 70.9 cm³/mol. The van der Waals surface area contributed by atoms with Crippen LogP contribution in [0.2, 0.25) is 0 Å². The summed E-state index contributed by atoms with van der Waals surface area (Å²) in [7, 11) is 5.10. The highest BCUT2D eigenvalue weighted by molar-refractivity contribution is 5.81. The zero-order chi connectivity index (χ0) is 13.3. The first-order valence-corrected chi connectivity index (χ1v) is 5.59. The summed E-state index contributed by atoms with van der Waals surface area (Å²) in [5, 5.41) is 4.15. The number of hydrogen-bond donors (Lipinski definition) is 1. The van der Waals surface area contributed by atoms with E-state index in [0.717, 1.165) is 28.2 Å². The summed E-state index contributed by atoms with van der Waals surface area (Å²) in [4.78, 5) is 0. The van der Waals surface area contributed by atoms with Gasteiger partial charge in [0, 0.05) is 30.4 Å². The fraction of sp³-hybridized carbons (Fsp3) is 0.308. The average Bonchev–Trinajstić information content (AvgIpc) is 2.67. The van der Waals surface area contributed by atoms with Gasteiger partial charge in [0.1, 0.15) is 11.5 Å². The molecule has 1 aromatic heterocycles. The van der Waals surface area contributed by atoms with Gasteiger partial charge in [0.25, 0.3) is 0 Å². The minimum Gasteiger partial charge on any atom is -0.497 e. The largest absolute Gasteiger partial charge is 0.497 e. The number of nitrogens with zero attached hydrogens (tertiary/aromatic N) is 2. The van der Waals surface area contributed by atoms with E-state index in [4.69, 9.17) is 15.2 Å². The molecule has 0 unspecified atom stereocenters. The van der Waals surface area contributed by atoms with Crippen molar-refractivity contribution in [1.82, 2.24) is 9.78 Å². The van der Waals surface area contributed by atoms with Crippen LogP contribution in [0.25, 0.3) is 11.1 Å². The van der Waals surface area contributed by atoms with Gasteiger partial charge in [0.05, 0.1) is 14.2 Å². The monoisotopic (exact) mass is 247 g/mol. The van der Waals surface area contributed by atoms with Crippen molar-refractivity contribution in [1.29, 1.82) is 0 Å². The number of nitrogens with two attached hydrogens (primary N) is 1. The van der Waals surface area contributed by atoms with Crippen molar-refractivity contribution in [2.45, 2.75) is 6.92 Å². The number of methoxy groups -OCH3 is 2. The lowest BCUT2D eigenvalue weighted by Crippen LogP contribution is -1.95. The second kappa shape index (κ2) is 4.60. The van der Waals surface area contributed by atoms with Crippen LogP contribution in [0.5, 0.6) is 11.5 Å². The quantitative estimate of drug-likeness (QED) is 0.901. The van der Waals surface area contributed by atoms with Gasteiger partial charge in [0.15, 0.2) is 5.82 Å². The maximum atomic E-state index is 5.92. The van der Waals surface area contributed by atoms with Crippen LogP contribution in [-0.4, -0.2) is 24.0 Å². The Morgan fingerprint density at radius 1 is 1.22 bits per heavy atom. The zero-order valence-corrected chi connectivity index (χ0v) is 11.0. The molecular weight excluding hydrogens is 230 g/mol. The molecule has 0 saturated heterocycles. The summed E-state index contributed by atoms with van der Waals surface area (Å²) in [5.41, 5.74) is 8.77. The highest BCUT2D eigenvalue weighted by atomic mass is 16.5. The molecule has 0 saturated carbocycles. The molecule has 0 radical (unpaired) electrons. The van der Waals surface area contributed by atoms with Gasteiger partial charge in [-0.1, -0.05) is 0 Å². The molecular formula is C13H17N3O2. The standard InChI is InChI=1S/C13H17N3O2/c1-8-5-9(17-3)6-11(18-4)12(8)10-7-16(2)15-13(10)14/h5-7H,1-4H3,(H2,14,15). The van der Waals surface area contributed by atoms with E-state index in [-0.39, 0.29) is 0 Å². The van der Waals surface area contributed by atoms with Crippen LogP contribution in [-0.2, 0) is 7.05 Å². The van der Waals surface area contributed by atoms with Crippen LogP contribution in [0.4, 0.5) is 5.82 Å². The predicted octanol–water partition coefficient (Wildman–Crippen LogP) is 1.99. The summed E-state index contributed by atoms with van der Waals surface area (Å²) in [6.45, 7) is 1.99. The van der Waals surface area contributed by atoms with E-state index in [0.29, 0.717) is 5.82 Å². The van der Waals surface area contributed by atoms with Gasteiger partial charge >= 0.3 is 0 Å². The van der Waals surface area contributed by atoms with Crippen molar-refractivity contribution in [3.8, 4) is 22.6 Å². The Kier molecular flexibility index (Phi) is 3.14. The summed E-state index contributed by atoms with van der Waals surface area (Å²) < 4.78 is 12.3. The van der Waals surface area contributed by atoms with Crippen molar-refractivity contribution in [2.24, 2.45) is 7.05 Å². The molecule has 96 valence electrons. The Morgan fingerprint density at radius 3 is 2.44 bits per heavy atom. The van der Waals surface area contributed by atoms with Crippen LogP contribution in [0.15, 0.2) is 18.3 Å². The number of nitrogen functional groups attached to an aromatic ring is 1. The number of aromatic nitrogens is 2. The van der Waals surface area contributed by atoms with Crippen molar-refractivity contribution < 1.29 is 9.47 Å². The van der Waals surface area contributed by atoms with Gasteiger partial charge < -0.3 is 15.2 Å². The van der Waals surface area contributed by atoms with Crippen molar-refractivity contribution >= 4 is 5.82 Å². The van der Waals surface area contributed by atoms with Gasteiger partial charge in [-0.25, -0.2) is 0 Å². The molecule has 2 rings (SSSR count). The molecule has 2 aromatic rings. The Morgan fingerprint density at radius 2 is 1.94 bits per heavy atom. The number of ether oxygens (including phenoxy) is 2. The minimum absolute atomic E-state index is 0.490. The van der Waals surface area contributed by atoms with Gasteiger partial charge in [-0.15, -0.1) is 0 Å². The number of hydrogen-bond acceptors (Lipinski definition) is 4. The fourth-order valence-corrected chi connectivity index (χ4v) is 2.05. The summed E-state index contributed by atoms with van der Waals surface area (Å²) in [5.74, 6) is 1.98. The summed E-state index contributed by atoms with van der Waals surface area (Å²) in [6.07, 6.45) is 1.88. The Bertz CT molecular complexity index is 576. The van der Waals surface area contributed by atoms with Gasteiger partial charge in [0.2, 0.25) is 0 Å². The molecule has 0 amide bonds. The highest BCUT2D eigenvalue weighted by Crippen LogP contribution is 2.38. The molecule has 0 spiro atoms. The molecule has 1 heterocycles. The first-order chi connectivity index (χ1) is 8.56. The van der Waals surface area contributed by atoms with Crippen LogP contribution in [0, 0.1) is 6.92 Å².